The fourth-order valence-corrected chi connectivity index (χ4v) is 3.18. The molecule has 0 saturated carbocycles. The van der Waals surface area contributed by atoms with Gasteiger partial charge in [-0.2, -0.15) is 0 Å². The summed E-state index contributed by atoms with van der Waals surface area (Å²) in [6.45, 7) is 0. The van der Waals surface area contributed by atoms with Crippen LogP contribution in [0.25, 0.3) is 0 Å². The van der Waals surface area contributed by atoms with E-state index in [2.05, 4.69) is 31.9 Å². The van der Waals surface area contributed by atoms with Gasteiger partial charge in [-0.05, 0) is 12.8 Å². The molecule has 0 N–H and O–H groups in total. The van der Waals surface area contributed by atoms with Crippen LogP contribution in [0.5, 0.6) is 0 Å². The molecule has 2 rings (SSSR count). The summed E-state index contributed by atoms with van der Waals surface area (Å²) < 4.78 is 0. The highest BCUT2D eigenvalue weighted by Crippen LogP contribution is 2.21. The Morgan fingerprint density at radius 2 is 1.00 bits per heavy atom. The molecule has 0 aliphatic heterocycles. The minimum Gasteiger partial charge on any atom is -0.293 e. The molecule has 2 aromatic carbocycles. The first-order chi connectivity index (χ1) is 10.6. The molecule has 0 heterocycles. The molecule has 4 heteroatoms. The van der Waals surface area contributed by atoms with Gasteiger partial charge in [-0.25, -0.2) is 0 Å². The molecule has 0 spiro atoms. The maximum absolute atomic E-state index is 12.2. The maximum Gasteiger partial charge on any atom is 0.176 e. The molecule has 0 amide bonds. The van der Waals surface area contributed by atoms with Gasteiger partial charge in [0, 0.05) is 11.1 Å². The summed E-state index contributed by atoms with van der Waals surface area (Å²) >= 11 is 6.86. The van der Waals surface area contributed by atoms with Gasteiger partial charge in [-0.15, -0.1) is 0 Å². The predicted octanol–water partition coefficient (Wildman–Crippen LogP) is 5.06. The van der Waals surface area contributed by atoms with E-state index in [1.165, 1.54) is 0 Å². The van der Waals surface area contributed by atoms with E-state index in [0.29, 0.717) is 24.0 Å². The van der Waals surface area contributed by atoms with E-state index in [4.69, 9.17) is 0 Å². The third-order valence-corrected chi connectivity index (χ3v) is 5.11. The number of carbonyl (C=O) groups is 2. The van der Waals surface area contributed by atoms with Crippen molar-refractivity contribution < 1.29 is 9.59 Å². The average Bonchev–Trinajstić information content (AvgIpc) is 2.59. The molecule has 2 atom stereocenters. The quantitative estimate of drug-likeness (QED) is 0.460. The second kappa shape index (κ2) is 8.39. The number of hydrogen-bond acceptors (Lipinski definition) is 2. The molecular formula is C18H16Br2O2. The van der Waals surface area contributed by atoms with Gasteiger partial charge in [-0.1, -0.05) is 92.5 Å². The Morgan fingerprint density at radius 1 is 0.682 bits per heavy atom. The Morgan fingerprint density at radius 3 is 1.32 bits per heavy atom. The van der Waals surface area contributed by atoms with Crippen LogP contribution in [-0.4, -0.2) is 21.2 Å². The van der Waals surface area contributed by atoms with E-state index in [0.717, 1.165) is 0 Å². The van der Waals surface area contributed by atoms with Crippen LogP contribution in [0.1, 0.15) is 33.6 Å². The summed E-state index contributed by atoms with van der Waals surface area (Å²) in [5, 5.41) is 0. The van der Waals surface area contributed by atoms with Crippen molar-refractivity contribution in [1.82, 2.24) is 0 Å². The van der Waals surface area contributed by atoms with Crippen molar-refractivity contribution in [2.75, 3.05) is 0 Å². The minimum atomic E-state index is -0.279. The molecule has 2 nitrogen and oxygen atoms in total. The zero-order valence-electron chi connectivity index (χ0n) is 11.9. The Kier molecular flexibility index (Phi) is 6.52. The molecule has 0 saturated heterocycles. The molecule has 0 unspecified atom stereocenters. The zero-order valence-corrected chi connectivity index (χ0v) is 15.1. The highest BCUT2D eigenvalue weighted by atomic mass is 79.9. The third-order valence-electron chi connectivity index (χ3n) is 3.36. The third kappa shape index (κ3) is 4.62. The second-order valence-corrected chi connectivity index (χ2v) is 7.18. The largest absolute Gasteiger partial charge is 0.293 e. The number of halogens is 2. The SMILES string of the molecule is O=C(c1ccccc1)[C@H](Br)CC[C@H](Br)C(=O)c1ccccc1. The number of ketones is 2. The summed E-state index contributed by atoms with van der Waals surface area (Å²) in [5.41, 5.74) is 1.37. The summed E-state index contributed by atoms with van der Waals surface area (Å²) in [6.07, 6.45) is 1.20. The van der Waals surface area contributed by atoms with Crippen LogP contribution in [0.2, 0.25) is 0 Å². The van der Waals surface area contributed by atoms with E-state index in [9.17, 15) is 9.59 Å². The summed E-state index contributed by atoms with van der Waals surface area (Å²) in [4.78, 5) is 23.9. The van der Waals surface area contributed by atoms with Crippen LogP contribution >= 0.6 is 31.9 Å². The van der Waals surface area contributed by atoms with Crippen LogP contribution in [0.15, 0.2) is 60.7 Å². The highest BCUT2D eigenvalue weighted by molar-refractivity contribution is 9.10. The molecule has 0 aliphatic carbocycles. The van der Waals surface area contributed by atoms with Crippen LogP contribution in [-0.2, 0) is 0 Å². The van der Waals surface area contributed by atoms with Crippen LogP contribution in [0.3, 0.4) is 0 Å². The zero-order chi connectivity index (χ0) is 15.9. The number of benzene rings is 2. The number of alkyl halides is 2. The Bertz CT molecular complexity index is 569. The van der Waals surface area contributed by atoms with Crippen molar-refractivity contribution >= 4 is 43.4 Å². The molecule has 0 bridgehead atoms. The average molecular weight is 424 g/mol. The first kappa shape index (κ1) is 17.1. The van der Waals surface area contributed by atoms with Gasteiger partial charge in [-0.3, -0.25) is 9.59 Å². The van der Waals surface area contributed by atoms with Gasteiger partial charge >= 0.3 is 0 Å². The van der Waals surface area contributed by atoms with Crippen molar-refractivity contribution in [2.45, 2.75) is 22.5 Å². The molecule has 0 aliphatic rings. The summed E-state index contributed by atoms with van der Waals surface area (Å²) in [5.74, 6) is 0.0971. The lowest BCUT2D eigenvalue weighted by Crippen LogP contribution is -2.19. The normalized spacial score (nSPS) is 13.4. The van der Waals surface area contributed by atoms with E-state index in [-0.39, 0.29) is 21.2 Å². The van der Waals surface area contributed by atoms with Crippen LogP contribution in [0, 0.1) is 0 Å². The molecule has 22 heavy (non-hydrogen) atoms. The topological polar surface area (TPSA) is 34.1 Å². The van der Waals surface area contributed by atoms with Gasteiger partial charge in [0.1, 0.15) is 0 Å². The van der Waals surface area contributed by atoms with Gasteiger partial charge in [0.2, 0.25) is 0 Å². The molecule has 0 fully saturated rings. The van der Waals surface area contributed by atoms with Gasteiger partial charge in [0.05, 0.1) is 9.65 Å². The second-order valence-electron chi connectivity index (χ2n) is 4.97. The molecule has 0 aromatic heterocycles. The highest BCUT2D eigenvalue weighted by Gasteiger charge is 2.21. The lowest BCUT2D eigenvalue weighted by molar-refractivity contribution is 0.0965. The molecule has 114 valence electrons. The van der Waals surface area contributed by atoms with Crippen molar-refractivity contribution in [3.05, 3.63) is 71.8 Å². The lowest BCUT2D eigenvalue weighted by atomic mass is 10.0. The summed E-state index contributed by atoms with van der Waals surface area (Å²) in [6, 6.07) is 18.4. The first-order valence-electron chi connectivity index (χ1n) is 7.06. The Balaban J connectivity index is 1.89. The van der Waals surface area contributed by atoms with Crippen molar-refractivity contribution in [2.24, 2.45) is 0 Å². The van der Waals surface area contributed by atoms with Gasteiger partial charge in [0.25, 0.3) is 0 Å². The van der Waals surface area contributed by atoms with Crippen LogP contribution < -0.4 is 0 Å². The Hall–Kier alpha value is -1.26. The van der Waals surface area contributed by atoms with E-state index in [1.807, 2.05) is 36.4 Å². The number of Topliss-reactive ketones (excluding diaryl/α,β-unsaturated/α-hetero) is 2. The van der Waals surface area contributed by atoms with Gasteiger partial charge in [0.15, 0.2) is 11.6 Å². The smallest absolute Gasteiger partial charge is 0.176 e. The standard InChI is InChI=1S/C18H16Br2O2/c19-15(17(21)13-7-3-1-4-8-13)11-12-16(20)18(22)14-9-5-2-6-10-14/h1-10,15-16H,11-12H2/t15-,16+. The Labute approximate surface area is 147 Å². The summed E-state index contributed by atoms with van der Waals surface area (Å²) in [7, 11) is 0. The monoisotopic (exact) mass is 422 g/mol. The predicted molar refractivity (Wildman–Crippen MR) is 96.2 cm³/mol. The minimum absolute atomic E-state index is 0.0486. The number of hydrogen-bond donors (Lipinski definition) is 0. The molecule has 0 radical (unpaired) electrons. The van der Waals surface area contributed by atoms with Crippen molar-refractivity contribution in [3.63, 3.8) is 0 Å². The molecular weight excluding hydrogens is 408 g/mol. The van der Waals surface area contributed by atoms with Crippen molar-refractivity contribution in [3.8, 4) is 0 Å². The van der Waals surface area contributed by atoms with E-state index in [1.54, 1.807) is 24.3 Å². The van der Waals surface area contributed by atoms with Crippen LogP contribution in [0.4, 0.5) is 0 Å². The molecule has 2 aromatic rings. The van der Waals surface area contributed by atoms with E-state index < -0.39 is 0 Å². The fourth-order valence-electron chi connectivity index (χ4n) is 2.12. The number of rotatable bonds is 7. The number of carbonyl (C=O) groups excluding carboxylic acids is 2. The fraction of sp³-hybridized carbons (Fsp3) is 0.222. The van der Waals surface area contributed by atoms with Gasteiger partial charge < -0.3 is 0 Å². The first-order valence-corrected chi connectivity index (χ1v) is 8.89. The maximum atomic E-state index is 12.2. The lowest BCUT2D eigenvalue weighted by Gasteiger charge is -2.12. The van der Waals surface area contributed by atoms with E-state index >= 15 is 0 Å². The van der Waals surface area contributed by atoms with Crippen molar-refractivity contribution in [1.29, 1.82) is 0 Å².